The van der Waals surface area contributed by atoms with Crippen LogP contribution in [-0.4, -0.2) is 49.4 Å². The number of carbonyl (C=O) groups is 2. The Labute approximate surface area is 166 Å². The highest BCUT2D eigenvalue weighted by molar-refractivity contribution is 6.00. The number of rotatable bonds is 3. The molecule has 0 spiro atoms. The highest BCUT2D eigenvalue weighted by Gasteiger charge is 2.38. The normalized spacial score (nSPS) is 20.0. The lowest BCUT2D eigenvalue weighted by atomic mass is 10.1. The summed E-state index contributed by atoms with van der Waals surface area (Å²) in [4.78, 5) is 31.6. The van der Waals surface area contributed by atoms with Crippen LogP contribution in [0.5, 0.6) is 0 Å². The number of para-hydroxylation sites is 1. The van der Waals surface area contributed by atoms with Gasteiger partial charge in [-0.05, 0) is 49.2 Å². The molecule has 5 nitrogen and oxygen atoms in total. The van der Waals surface area contributed by atoms with Crippen molar-refractivity contribution in [3.63, 3.8) is 0 Å². The lowest BCUT2D eigenvalue weighted by Gasteiger charge is -2.37. The van der Waals surface area contributed by atoms with Crippen LogP contribution in [0.4, 0.5) is 11.4 Å². The van der Waals surface area contributed by atoms with Crippen LogP contribution in [0.2, 0.25) is 0 Å². The van der Waals surface area contributed by atoms with Crippen LogP contribution < -0.4 is 9.80 Å². The summed E-state index contributed by atoms with van der Waals surface area (Å²) < 4.78 is 0. The molecule has 0 saturated carbocycles. The third kappa shape index (κ3) is 3.61. The Hall–Kier alpha value is -2.82. The zero-order valence-electron chi connectivity index (χ0n) is 16.6. The quantitative estimate of drug-likeness (QED) is 0.826. The molecule has 146 valence electrons. The Bertz CT molecular complexity index is 873. The zero-order valence-corrected chi connectivity index (χ0v) is 16.6. The SMILES string of the molecule is Cc1ccc(N2CC(C(=O)N3CCN(c4ccccc4)CC3)CC2=O)cc1C. The van der Waals surface area contributed by atoms with Gasteiger partial charge in [0.2, 0.25) is 11.8 Å². The maximum Gasteiger partial charge on any atom is 0.228 e. The van der Waals surface area contributed by atoms with E-state index in [9.17, 15) is 9.59 Å². The van der Waals surface area contributed by atoms with Gasteiger partial charge in [0.1, 0.15) is 0 Å². The molecule has 2 amide bonds. The van der Waals surface area contributed by atoms with Crippen molar-refractivity contribution < 1.29 is 9.59 Å². The van der Waals surface area contributed by atoms with E-state index in [0.29, 0.717) is 26.1 Å². The molecular weight excluding hydrogens is 350 g/mol. The van der Waals surface area contributed by atoms with E-state index < -0.39 is 0 Å². The molecule has 1 atom stereocenters. The summed E-state index contributed by atoms with van der Waals surface area (Å²) in [6.45, 7) is 7.68. The van der Waals surface area contributed by atoms with E-state index in [1.807, 2.05) is 48.2 Å². The summed E-state index contributed by atoms with van der Waals surface area (Å²) in [6.07, 6.45) is 0.310. The predicted molar refractivity (Wildman–Crippen MR) is 112 cm³/mol. The minimum atomic E-state index is -0.239. The highest BCUT2D eigenvalue weighted by Crippen LogP contribution is 2.28. The molecule has 2 fully saturated rings. The second-order valence-electron chi connectivity index (χ2n) is 7.82. The van der Waals surface area contributed by atoms with Gasteiger partial charge in [-0.3, -0.25) is 9.59 Å². The van der Waals surface area contributed by atoms with E-state index in [-0.39, 0.29) is 17.7 Å². The Morgan fingerprint density at radius 2 is 1.61 bits per heavy atom. The van der Waals surface area contributed by atoms with Crippen LogP contribution in [0, 0.1) is 19.8 Å². The Kier molecular flexibility index (Phi) is 5.07. The molecule has 2 heterocycles. The minimum absolute atomic E-state index is 0.0459. The maximum atomic E-state index is 13.0. The zero-order chi connectivity index (χ0) is 19.7. The van der Waals surface area contributed by atoms with Gasteiger partial charge >= 0.3 is 0 Å². The van der Waals surface area contributed by atoms with Crippen molar-refractivity contribution in [3.05, 3.63) is 59.7 Å². The van der Waals surface area contributed by atoms with E-state index in [4.69, 9.17) is 0 Å². The van der Waals surface area contributed by atoms with E-state index in [2.05, 4.69) is 24.0 Å². The van der Waals surface area contributed by atoms with Gasteiger partial charge < -0.3 is 14.7 Å². The van der Waals surface area contributed by atoms with E-state index in [1.165, 1.54) is 11.3 Å². The molecule has 0 aliphatic carbocycles. The van der Waals surface area contributed by atoms with Gasteiger partial charge in [0.15, 0.2) is 0 Å². The first-order valence-electron chi connectivity index (χ1n) is 9.99. The number of hydrogen-bond acceptors (Lipinski definition) is 3. The molecular formula is C23H27N3O2. The van der Waals surface area contributed by atoms with Gasteiger partial charge in [-0.1, -0.05) is 24.3 Å². The van der Waals surface area contributed by atoms with Gasteiger partial charge in [0.05, 0.1) is 5.92 Å². The van der Waals surface area contributed by atoms with Gasteiger partial charge in [-0.15, -0.1) is 0 Å². The van der Waals surface area contributed by atoms with E-state index in [0.717, 1.165) is 24.3 Å². The Morgan fingerprint density at radius 1 is 0.893 bits per heavy atom. The average Bonchev–Trinajstić information content (AvgIpc) is 3.12. The first-order chi connectivity index (χ1) is 13.5. The fourth-order valence-corrected chi connectivity index (χ4v) is 4.10. The fraction of sp³-hybridized carbons (Fsp3) is 0.391. The lowest BCUT2D eigenvalue weighted by molar-refractivity contribution is -0.136. The number of carbonyl (C=O) groups excluding carboxylic acids is 2. The third-order valence-corrected chi connectivity index (χ3v) is 5.99. The van der Waals surface area contributed by atoms with Gasteiger partial charge in [0.25, 0.3) is 0 Å². The molecule has 5 heteroatoms. The molecule has 1 unspecified atom stereocenters. The molecule has 28 heavy (non-hydrogen) atoms. The molecule has 4 rings (SSSR count). The van der Waals surface area contributed by atoms with Crippen LogP contribution >= 0.6 is 0 Å². The van der Waals surface area contributed by atoms with Crippen molar-refractivity contribution in [2.75, 3.05) is 42.5 Å². The summed E-state index contributed by atoms with van der Waals surface area (Å²) in [6, 6.07) is 16.4. The fourth-order valence-electron chi connectivity index (χ4n) is 4.10. The Balaban J connectivity index is 1.38. The number of piperazine rings is 1. The molecule has 0 radical (unpaired) electrons. The molecule has 2 saturated heterocycles. The molecule has 2 aliphatic heterocycles. The summed E-state index contributed by atoms with van der Waals surface area (Å²) in [5.41, 5.74) is 4.47. The summed E-state index contributed by atoms with van der Waals surface area (Å²) in [7, 11) is 0. The van der Waals surface area contributed by atoms with Crippen LogP contribution in [0.1, 0.15) is 17.5 Å². The largest absolute Gasteiger partial charge is 0.368 e. The van der Waals surface area contributed by atoms with Gasteiger partial charge in [-0.2, -0.15) is 0 Å². The lowest BCUT2D eigenvalue weighted by Crippen LogP contribution is -2.50. The highest BCUT2D eigenvalue weighted by atomic mass is 16.2. The monoisotopic (exact) mass is 377 g/mol. The van der Waals surface area contributed by atoms with Gasteiger partial charge in [0, 0.05) is 50.5 Å². The minimum Gasteiger partial charge on any atom is -0.368 e. The molecule has 0 N–H and O–H groups in total. The molecule has 2 aliphatic rings. The van der Waals surface area contributed by atoms with E-state index in [1.54, 1.807) is 4.90 Å². The van der Waals surface area contributed by atoms with Crippen LogP contribution in [-0.2, 0) is 9.59 Å². The van der Waals surface area contributed by atoms with Crippen LogP contribution in [0.15, 0.2) is 48.5 Å². The molecule has 2 aromatic carbocycles. The van der Waals surface area contributed by atoms with Crippen molar-refractivity contribution in [1.29, 1.82) is 0 Å². The number of nitrogens with zero attached hydrogens (tertiary/aromatic N) is 3. The Morgan fingerprint density at radius 3 is 2.29 bits per heavy atom. The standard InChI is InChI=1S/C23H27N3O2/c1-17-8-9-21(14-18(17)2)26-16-19(15-22(26)27)23(28)25-12-10-24(11-13-25)20-6-4-3-5-7-20/h3-9,14,19H,10-13,15-16H2,1-2H3. The van der Waals surface area contributed by atoms with Crippen molar-refractivity contribution in [2.24, 2.45) is 5.92 Å². The van der Waals surface area contributed by atoms with Crippen molar-refractivity contribution in [1.82, 2.24) is 4.90 Å². The molecule has 0 bridgehead atoms. The summed E-state index contributed by atoms with van der Waals surface area (Å²) >= 11 is 0. The third-order valence-electron chi connectivity index (χ3n) is 5.99. The summed E-state index contributed by atoms with van der Waals surface area (Å²) in [5, 5.41) is 0. The molecule has 0 aromatic heterocycles. The number of anilines is 2. The van der Waals surface area contributed by atoms with Gasteiger partial charge in [-0.25, -0.2) is 0 Å². The van der Waals surface area contributed by atoms with Crippen LogP contribution in [0.25, 0.3) is 0 Å². The molecule has 2 aromatic rings. The second-order valence-corrected chi connectivity index (χ2v) is 7.82. The van der Waals surface area contributed by atoms with E-state index >= 15 is 0 Å². The number of hydrogen-bond donors (Lipinski definition) is 0. The van der Waals surface area contributed by atoms with Crippen molar-refractivity contribution in [3.8, 4) is 0 Å². The summed E-state index contributed by atoms with van der Waals surface area (Å²) in [5.74, 6) is -0.0747. The predicted octanol–water partition coefficient (Wildman–Crippen LogP) is 3.01. The average molecular weight is 377 g/mol. The van der Waals surface area contributed by atoms with Crippen molar-refractivity contribution >= 4 is 23.2 Å². The van der Waals surface area contributed by atoms with Crippen LogP contribution in [0.3, 0.4) is 0 Å². The number of amides is 2. The maximum absolute atomic E-state index is 13.0. The second kappa shape index (κ2) is 7.66. The first-order valence-corrected chi connectivity index (χ1v) is 9.99. The van der Waals surface area contributed by atoms with Crippen molar-refractivity contribution in [2.45, 2.75) is 20.3 Å². The smallest absolute Gasteiger partial charge is 0.228 e. The topological polar surface area (TPSA) is 43.9 Å². The first kappa shape index (κ1) is 18.5. The number of aryl methyl sites for hydroxylation is 2. The number of benzene rings is 2.